The zero-order valence-electron chi connectivity index (χ0n) is 27.6. The van der Waals surface area contributed by atoms with Gasteiger partial charge >= 0.3 is 0 Å². The summed E-state index contributed by atoms with van der Waals surface area (Å²) in [4.78, 5) is 20.9. The van der Waals surface area contributed by atoms with Crippen LogP contribution in [0.3, 0.4) is 0 Å². The first-order valence-corrected chi connectivity index (χ1v) is 17.0. The first-order valence-electron chi connectivity index (χ1n) is 16.2. The molecule has 0 radical (unpaired) electrons. The van der Waals surface area contributed by atoms with Gasteiger partial charge in [0.05, 0.1) is 26.9 Å². The van der Waals surface area contributed by atoms with Crippen LogP contribution in [-0.2, 0) is 10.8 Å². The Bertz CT molecular complexity index is 2480. The Hall–Kier alpha value is -5.00. The van der Waals surface area contributed by atoms with Gasteiger partial charge in [-0.25, -0.2) is 19.9 Å². The molecule has 8 rings (SSSR count). The summed E-state index contributed by atoms with van der Waals surface area (Å²) in [6.45, 7) is 13.3. The van der Waals surface area contributed by atoms with Crippen molar-refractivity contribution in [2.24, 2.45) is 0 Å². The highest BCUT2D eigenvalue weighted by atomic mass is 32.1. The molecule has 0 aliphatic rings. The maximum Gasteiger partial charge on any atom is 0.160 e. The van der Waals surface area contributed by atoms with Crippen molar-refractivity contribution in [2.75, 3.05) is 0 Å². The predicted molar refractivity (Wildman–Crippen MR) is 199 cm³/mol. The van der Waals surface area contributed by atoms with Crippen molar-refractivity contribution >= 4 is 53.4 Å². The zero-order valence-corrected chi connectivity index (χ0v) is 28.4. The Kier molecular flexibility index (Phi) is 6.75. The number of nitrogens with zero attached hydrogens (tertiary/aromatic N) is 4. The Labute approximate surface area is 279 Å². The Morgan fingerprint density at radius 1 is 0.489 bits per heavy atom. The van der Waals surface area contributed by atoms with Gasteiger partial charge in [-0.15, -0.1) is 11.3 Å². The van der Waals surface area contributed by atoms with Crippen LogP contribution in [0.15, 0.2) is 109 Å². The molecule has 4 aromatic heterocycles. The van der Waals surface area contributed by atoms with Gasteiger partial charge in [-0.1, -0.05) is 126 Å². The lowest BCUT2D eigenvalue weighted by molar-refractivity contribution is 0.570. The zero-order chi connectivity index (χ0) is 32.5. The number of pyridine rings is 2. The molecule has 0 spiro atoms. The van der Waals surface area contributed by atoms with Gasteiger partial charge in [0, 0.05) is 54.2 Å². The van der Waals surface area contributed by atoms with Crippen molar-refractivity contribution in [2.45, 2.75) is 52.4 Å². The van der Waals surface area contributed by atoms with E-state index < -0.39 is 0 Å². The second-order valence-corrected chi connectivity index (χ2v) is 15.5. The van der Waals surface area contributed by atoms with E-state index >= 15 is 0 Å². The normalized spacial score (nSPS) is 12.5. The van der Waals surface area contributed by atoms with Gasteiger partial charge in [-0.3, -0.25) is 0 Å². The summed E-state index contributed by atoms with van der Waals surface area (Å²) in [5.74, 6) is 0.720. The van der Waals surface area contributed by atoms with Crippen LogP contribution in [-0.4, -0.2) is 19.9 Å². The summed E-state index contributed by atoms with van der Waals surface area (Å²) in [5, 5.41) is 3.35. The molecule has 0 atom stereocenters. The maximum atomic E-state index is 5.28. The van der Waals surface area contributed by atoms with E-state index in [2.05, 4.69) is 145 Å². The molecule has 0 fully saturated rings. The largest absolute Gasteiger partial charge is 0.250 e. The van der Waals surface area contributed by atoms with Crippen molar-refractivity contribution in [3.05, 3.63) is 121 Å². The summed E-state index contributed by atoms with van der Waals surface area (Å²) >= 11 is 1.76. The van der Waals surface area contributed by atoms with E-state index in [0.29, 0.717) is 0 Å². The van der Waals surface area contributed by atoms with Crippen LogP contribution in [0.1, 0.15) is 52.9 Å². The van der Waals surface area contributed by atoms with Crippen LogP contribution >= 0.6 is 11.3 Å². The van der Waals surface area contributed by atoms with E-state index in [-0.39, 0.29) is 10.8 Å². The van der Waals surface area contributed by atoms with E-state index in [0.717, 1.165) is 82.6 Å². The molecular formula is C42H36N4S. The first-order chi connectivity index (χ1) is 22.5. The second kappa shape index (κ2) is 10.8. The monoisotopic (exact) mass is 628 g/mol. The molecule has 0 aliphatic carbocycles. The highest BCUT2D eigenvalue weighted by molar-refractivity contribution is 7.26. The number of hydrogen-bond acceptors (Lipinski definition) is 5. The minimum atomic E-state index is -0.150. The van der Waals surface area contributed by atoms with Crippen molar-refractivity contribution in [3.63, 3.8) is 0 Å². The van der Waals surface area contributed by atoms with Crippen molar-refractivity contribution in [3.8, 4) is 33.8 Å². The van der Waals surface area contributed by atoms with Gasteiger partial charge < -0.3 is 0 Å². The average molecular weight is 629 g/mol. The molecular weight excluding hydrogens is 593 g/mol. The van der Waals surface area contributed by atoms with E-state index in [1.807, 2.05) is 6.07 Å². The fourth-order valence-electron chi connectivity index (χ4n) is 6.25. The molecule has 4 nitrogen and oxygen atoms in total. The third-order valence-corrected chi connectivity index (χ3v) is 10.0. The third kappa shape index (κ3) is 5.15. The fourth-order valence-corrected chi connectivity index (χ4v) is 7.40. The van der Waals surface area contributed by atoms with Gasteiger partial charge in [0.2, 0.25) is 0 Å². The number of rotatable bonds is 3. The summed E-state index contributed by atoms with van der Waals surface area (Å²) in [7, 11) is 0. The van der Waals surface area contributed by atoms with E-state index in [4.69, 9.17) is 19.9 Å². The van der Waals surface area contributed by atoms with Crippen molar-refractivity contribution in [1.29, 1.82) is 0 Å². The SMILES string of the molecule is CC(C)(C)c1ccc2ccc3c(-c4cccc(-c5nc(-c6ccccc6)c6sc7ccccc7c6n5)c4)cc(C(C)(C)C)nc3c2n1. The lowest BCUT2D eigenvalue weighted by atomic mass is 9.87. The van der Waals surface area contributed by atoms with Gasteiger partial charge in [0.15, 0.2) is 5.82 Å². The molecule has 230 valence electrons. The molecule has 0 unspecified atom stereocenters. The third-order valence-electron chi connectivity index (χ3n) is 8.87. The summed E-state index contributed by atoms with van der Waals surface area (Å²) < 4.78 is 2.33. The van der Waals surface area contributed by atoms with E-state index in [1.54, 1.807) is 11.3 Å². The molecule has 47 heavy (non-hydrogen) atoms. The Balaban J connectivity index is 1.37. The van der Waals surface area contributed by atoms with E-state index in [9.17, 15) is 0 Å². The lowest BCUT2D eigenvalue weighted by Gasteiger charge is -2.22. The number of fused-ring (bicyclic) bond motifs is 6. The number of aromatic nitrogens is 4. The van der Waals surface area contributed by atoms with E-state index in [1.165, 1.54) is 4.70 Å². The molecule has 5 heteroatoms. The number of thiophene rings is 1. The van der Waals surface area contributed by atoms with Gasteiger partial charge in [0.1, 0.15) is 0 Å². The molecule has 0 saturated carbocycles. The quantitative estimate of drug-likeness (QED) is 0.183. The molecule has 0 N–H and O–H groups in total. The van der Waals surface area contributed by atoms with Crippen LogP contribution in [0.4, 0.5) is 0 Å². The van der Waals surface area contributed by atoms with Crippen LogP contribution in [0, 0.1) is 0 Å². The smallest absolute Gasteiger partial charge is 0.160 e. The molecule has 0 saturated heterocycles. The van der Waals surface area contributed by atoms with Crippen LogP contribution < -0.4 is 0 Å². The van der Waals surface area contributed by atoms with Crippen molar-refractivity contribution < 1.29 is 0 Å². The van der Waals surface area contributed by atoms with Gasteiger partial charge in [0.25, 0.3) is 0 Å². The van der Waals surface area contributed by atoms with Crippen LogP contribution in [0.2, 0.25) is 0 Å². The molecule has 4 heterocycles. The molecule has 0 bridgehead atoms. The predicted octanol–water partition coefficient (Wildman–Crippen LogP) is 11.5. The lowest BCUT2D eigenvalue weighted by Crippen LogP contribution is -2.15. The second-order valence-electron chi connectivity index (χ2n) is 14.4. The van der Waals surface area contributed by atoms with Gasteiger partial charge in [-0.2, -0.15) is 0 Å². The van der Waals surface area contributed by atoms with Gasteiger partial charge in [-0.05, 0) is 35.4 Å². The Morgan fingerprint density at radius 3 is 1.96 bits per heavy atom. The highest BCUT2D eigenvalue weighted by Crippen LogP contribution is 2.41. The standard InChI is InChI=1S/C42H36N4S/c1-41(2,3)33-22-20-26-19-21-29-31(24-34(42(4,5)6)44-37(29)35(26)43-33)27-15-12-16-28(23-27)40-45-36(25-13-8-7-9-14-25)39-38(46-40)30-17-10-11-18-32(30)47-39/h7-24H,1-6H3. The molecule has 4 aromatic carbocycles. The minimum Gasteiger partial charge on any atom is -0.250 e. The van der Waals surface area contributed by atoms with Crippen LogP contribution in [0.5, 0.6) is 0 Å². The number of benzene rings is 4. The minimum absolute atomic E-state index is 0.0668. The Morgan fingerprint density at radius 2 is 1.17 bits per heavy atom. The average Bonchev–Trinajstić information content (AvgIpc) is 3.45. The fraction of sp³-hybridized carbons (Fsp3) is 0.190. The molecule has 8 aromatic rings. The maximum absolute atomic E-state index is 5.28. The topological polar surface area (TPSA) is 51.6 Å². The molecule has 0 amide bonds. The summed E-state index contributed by atoms with van der Waals surface area (Å²) in [5.41, 5.74) is 10.0. The summed E-state index contributed by atoms with van der Waals surface area (Å²) in [6.07, 6.45) is 0. The first kappa shape index (κ1) is 29.4. The number of hydrogen-bond donors (Lipinski definition) is 0. The highest BCUT2D eigenvalue weighted by Gasteiger charge is 2.22. The van der Waals surface area contributed by atoms with Crippen LogP contribution in [0.25, 0.3) is 75.9 Å². The summed E-state index contributed by atoms with van der Waals surface area (Å²) in [6, 6.07) is 38.6. The van der Waals surface area contributed by atoms with Crippen molar-refractivity contribution in [1.82, 2.24) is 19.9 Å². The molecule has 0 aliphatic heterocycles.